The summed E-state index contributed by atoms with van der Waals surface area (Å²) in [5.41, 5.74) is 10.9. The fraction of sp³-hybridized carbons (Fsp3) is 0.175. The van der Waals surface area contributed by atoms with Gasteiger partial charge in [-0.1, -0.05) is 109 Å². The van der Waals surface area contributed by atoms with Gasteiger partial charge in [0.15, 0.2) is 5.82 Å². The van der Waals surface area contributed by atoms with E-state index >= 15 is 0 Å². The summed E-state index contributed by atoms with van der Waals surface area (Å²) in [6, 6.07) is 48.8. The normalized spacial score (nSPS) is 23.1. The second-order valence-electron chi connectivity index (χ2n) is 18.2. The number of nitrogens with zero attached hydrogens (tertiary/aromatic N) is 4. The van der Waals surface area contributed by atoms with Gasteiger partial charge in [-0.2, -0.15) is 5.26 Å². The van der Waals surface area contributed by atoms with E-state index in [2.05, 4.69) is 114 Å². The first-order valence-corrected chi connectivity index (χ1v) is 21.7. The van der Waals surface area contributed by atoms with Gasteiger partial charge in [0.05, 0.1) is 39.2 Å². The Morgan fingerprint density at radius 1 is 0.574 bits per heavy atom. The zero-order valence-corrected chi connectivity index (χ0v) is 33.3. The van der Waals surface area contributed by atoms with E-state index < -0.39 is 0 Å². The minimum atomic E-state index is -0.386. The smallest absolute Gasteiger partial charge is 0.165 e. The summed E-state index contributed by atoms with van der Waals surface area (Å²) in [5.74, 6) is 2.90. The quantitative estimate of drug-likeness (QED) is 0.179. The number of aromatic nitrogens is 3. The van der Waals surface area contributed by atoms with Gasteiger partial charge in [-0.15, -0.1) is 0 Å². The van der Waals surface area contributed by atoms with Crippen molar-refractivity contribution in [2.45, 2.75) is 37.5 Å². The monoisotopic (exact) mass is 784 g/mol. The lowest BCUT2D eigenvalue weighted by Gasteiger charge is -2.61. The van der Waals surface area contributed by atoms with Gasteiger partial charge < -0.3 is 0 Å². The summed E-state index contributed by atoms with van der Waals surface area (Å²) < 4.78 is 38.9. The van der Waals surface area contributed by atoms with Crippen LogP contribution in [0.3, 0.4) is 0 Å². The molecule has 0 unspecified atom stereocenters. The molecule has 0 N–H and O–H groups in total. The third-order valence-corrected chi connectivity index (χ3v) is 15.3. The molecule has 8 aromatic carbocycles. The maximum absolute atomic E-state index is 9.84. The average Bonchev–Trinajstić information content (AvgIpc) is 3.84. The molecule has 4 nitrogen and oxygen atoms in total. The Kier molecular flexibility index (Phi) is 6.02. The van der Waals surface area contributed by atoms with Crippen LogP contribution in [0.4, 0.5) is 0 Å². The minimum absolute atomic E-state index is 0.0811. The van der Waals surface area contributed by atoms with E-state index in [0.29, 0.717) is 39.8 Å². The maximum Gasteiger partial charge on any atom is 0.165 e. The van der Waals surface area contributed by atoms with E-state index in [1.807, 2.05) is 24.3 Å². The Hall–Kier alpha value is -7.09. The predicted octanol–water partition coefficient (Wildman–Crippen LogP) is 14.0. The van der Waals surface area contributed by atoms with Gasteiger partial charge in [0.25, 0.3) is 0 Å². The van der Waals surface area contributed by atoms with Crippen molar-refractivity contribution in [3.63, 3.8) is 0 Å². The minimum Gasteiger partial charge on any atom is -0.292 e. The number of nitriles is 1. The molecule has 0 aliphatic heterocycles. The molecule has 5 aliphatic rings. The summed E-state index contributed by atoms with van der Waals surface area (Å²) in [7, 11) is 0. The van der Waals surface area contributed by atoms with Crippen LogP contribution in [-0.4, -0.2) is 14.5 Å². The van der Waals surface area contributed by atoms with Gasteiger partial charge in [0.2, 0.25) is 0 Å². The molecular formula is C57H40N4. The highest BCUT2D eigenvalue weighted by Crippen LogP contribution is 2.69. The second-order valence-corrected chi connectivity index (χ2v) is 18.2. The van der Waals surface area contributed by atoms with E-state index in [-0.39, 0.29) is 29.6 Å². The molecule has 4 heteroatoms. The molecule has 288 valence electrons. The van der Waals surface area contributed by atoms with Gasteiger partial charge in [0.1, 0.15) is 5.69 Å². The van der Waals surface area contributed by atoms with Crippen molar-refractivity contribution >= 4 is 54.4 Å². The molecule has 4 saturated carbocycles. The predicted molar refractivity (Wildman–Crippen MR) is 248 cm³/mol. The number of rotatable bonds is 3. The molecule has 4 bridgehead atoms. The molecule has 15 rings (SSSR count). The van der Waals surface area contributed by atoms with Gasteiger partial charge in [-0.3, -0.25) is 4.57 Å². The van der Waals surface area contributed by atoms with Crippen LogP contribution in [0.2, 0.25) is 0 Å². The summed E-state index contributed by atoms with van der Waals surface area (Å²) in [4.78, 5) is 10.7. The van der Waals surface area contributed by atoms with Gasteiger partial charge in [-0.25, -0.2) is 9.97 Å². The van der Waals surface area contributed by atoms with Crippen molar-refractivity contribution < 1.29 is 5.48 Å². The second kappa shape index (κ2) is 12.2. The van der Waals surface area contributed by atoms with Crippen LogP contribution in [-0.2, 0) is 5.41 Å². The first kappa shape index (κ1) is 30.0. The standard InChI is InChI=1S/C57H40N4/c58-32-33-13-20-50-51(28-33)59-55(41-15-14-36-7-1-2-9-38(36)29-41)56(60-50)61-52-21-18-40(31-47(52)54-44-10-4-3-8-37(44)17-22-53(54)61)39-16-19-49-46(30-39)45-11-5-6-12-48(45)57(49)42-24-34-23-35(26-42)27-43(57)25-34/h1-22,28-31,34-35,42-43H,23-27H2/i5D,6D,11D,12D. The van der Waals surface area contributed by atoms with Crippen molar-refractivity contribution in [1.29, 1.82) is 5.26 Å². The van der Waals surface area contributed by atoms with Crippen LogP contribution in [0.25, 0.3) is 93.7 Å². The van der Waals surface area contributed by atoms with E-state index in [0.717, 1.165) is 114 Å². The zero-order valence-electron chi connectivity index (χ0n) is 37.3. The highest BCUT2D eigenvalue weighted by molar-refractivity contribution is 6.22. The Labute approximate surface area is 359 Å². The lowest BCUT2D eigenvalue weighted by molar-refractivity contribution is -0.0399. The van der Waals surface area contributed by atoms with E-state index in [4.69, 9.17) is 12.7 Å². The van der Waals surface area contributed by atoms with Gasteiger partial charge >= 0.3 is 0 Å². The molecule has 4 fully saturated rings. The molecule has 1 spiro atoms. The summed E-state index contributed by atoms with van der Waals surface area (Å²) in [6.07, 6.45) is 5.85. The summed E-state index contributed by atoms with van der Waals surface area (Å²) in [5, 5.41) is 16.5. The number of hydrogen-bond acceptors (Lipinski definition) is 3. The molecular weight excluding hydrogens is 741 g/mol. The largest absolute Gasteiger partial charge is 0.292 e. The van der Waals surface area contributed by atoms with Crippen molar-refractivity contribution in [3.8, 4) is 45.4 Å². The SMILES string of the molecule is [2H]c1c([2H])c([2H])c2c(c1[2H])-c1cc(-c3ccc4c(c3)c3c5ccccc5ccc3n4-c3nc4ccc(C#N)cc4nc3-c3ccc4ccccc4c3)ccc1C21C2CC3CC(C2)CC1C3. The van der Waals surface area contributed by atoms with E-state index in [9.17, 15) is 8.00 Å². The van der Waals surface area contributed by atoms with Crippen molar-refractivity contribution in [3.05, 3.63) is 174 Å². The maximum atomic E-state index is 9.84. The Morgan fingerprint density at radius 3 is 2.15 bits per heavy atom. The van der Waals surface area contributed by atoms with Gasteiger partial charge in [-0.05, 0) is 159 Å². The van der Waals surface area contributed by atoms with Crippen LogP contribution >= 0.6 is 0 Å². The zero-order chi connectivity index (χ0) is 43.5. The first-order chi connectivity index (χ1) is 31.8. The van der Waals surface area contributed by atoms with Gasteiger partial charge in [0, 0.05) is 21.8 Å². The molecule has 0 amide bonds. The lowest BCUT2D eigenvalue weighted by Crippen LogP contribution is -2.55. The third-order valence-electron chi connectivity index (χ3n) is 15.3. The molecule has 0 radical (unpaired) electrons. The van der Waals surface area contributed by atoms with Crippen molar-refractivity contribution in [2.24, 2.45) is 23.7 Å². The summed E-state index contributed by atoms with van der Waals surface area (Å²) >= 11 is 0. The first-order valence-electron chi connectivity index (χ1n) is 23.7. The highest BCUT2D eigenvalue weighted by Gasteiger charge is 2.61. The average molecular weight is 785 g/mol. The van der Waals surface area contributed by atoms with Crippen molar-refractivity contribution in [1.82, 2.24) is 14.5 Å². The topological polar surface area (TPSA) is 54.5 Å². The molecule has 2 aromatic heterocycles. The van der Waals surface area contributed by atoms with Crippen LogP contribution in [0.15, 0.2) is 158 Å². The molecule has 10 aromatic rings. The third kappa shape index (κ3) is 4.59. The Bertz CT molecular complexity index is 3800. The van der Waals surface area contributed by atoms with E-state index in [1.165, 1.54) is 12.0 Å². The van der Waals surface area contributed by atoms with Crippen LogP contribution in [0.5, 0.6) is 0 Å². The fourth-order valence-electron chi connectivity index (χ4n) is 13.0. The number of hydrogen-bond donors (Lipinski definition) is 0. The fourth-order valence-corrected chi connectivity index (χ4v) is 13.0. The molecule has 0 saturated heterocycles. The summed E-state index contributed by atoms with van der Waals surface area (Å²) in [6.45, 7) is 0. The Morgan fingerprint density at radius 2 is 1.30 bits per heavy atom. The molecule has 5 aliphatic carbocycles. The Balaban J connectivity index is 1.02. The van der Waals surface area contributed by atoms with Crippen LogP contribution < -0.4 is 0 Å². The van der Waals surface area contributed by atoms with Crippen LogP contribution in [0.1, 0.15) is 54.3 Å². The highest BCUT2D eigenvalue weighted by atomic mass is 15.1. The lowest BCUT2D eigenvalue weighted by atomic mass is 9.43. The molecule has 2 heterocycles. The van der Waals surface area contributed by atoms with Crippen molar-refractivity contribution in [2.75, 3.05) is 0 Å². The number of benzene rings is 8. The molecule has 61 heavy (non-hydrogen) atoms. The van der Waals surface area contributed by atoms with E-state index in [1.54, 1.807) is 6.07 Å². The number of fused-ring (bicyclic) bond motifs is 10. The van der Waals surface area contributed by atoms with Crippen LogP contribution in [0, 0.1) is 35.0 Å². The molecule has 0 atom stereocenters.